The van der Waals surface area contributed by atoms with Crippen LogP contribution in [0.4, 0.5) is 0 Å². The number of aliphatic hydroxyl groups is 1. The highest BCUT2D eigenvalue weighted by Crippen LogP contribution is 2.38. The van der Waals surface area contributed by atoms with Gasteiger partial charge in [0.1, 0.15) is 0 Å². The van der Waals surface area contributed by atoms with E-state index in [0.29, 0.717) is 62.2 Å². The van der Waals surface area contributed by atoms with Crippen LogP contribution in [0.25, 0.3) is 0 Å². The number of nitrogens with zero attached hydrogens (tertiary/aromatic N) is 2. The predicted molar refractivity (Wildman–Crippen MR) is 121 cm³/mol. The lowest BCUT2D eigenvalue weighted by molar-refractivity contribution is -0.0569. The molecule has 0 unspecified atom stereocenters. The van der Waals surface area contributed by atoms with Crippen LogP contribution >= 0.6 is 0 Å². The van der Waals surface area contributed by atoms with Crippen molar-refractivity contribution in [2.75, 3.05) is 74.4 Å². The van der Waals surface area contributed by atoms with Crippen molar-refractivity contribution in [1.82, 2.24) is 9.80 Å². The number of methoxy groups -OCH3 is 4. The molecule has 0 aliphatic carbocycles. The molecule has 1 heterocycles. The molecule has 1 aromatic rings. The summed E-state index contributed by atoms with van der Waals surface area (Å²) in [4.78, 5) is 17.4. The third-order valence-electron chi connectivity index (χ3n) is 5.26. The molecule has 2 atom stereocenters. The Morgan fingerprint density at radius 3 is 2.38 bits per heavy atom. The summed E-state index contributed by atoms with van der Waals surface area (Å²) in [7, 11) is 6.16. The number of hydrogen-bond donors (Lipinski definition) is 1. The largest absolute Gasteiger partial charge is 0.493 e. The Hall–Kier alpha value is -2.07. The Kier molecular flexibility index (Phi) is 10.5. The third-order valence-corrected chi connectivity index (χ3v) is 5.26. The van der Waals surface area contributed by atoms with Crippen molar-refractivity contribution in [3.05, 3.63) is 17.7 Å². The normalized spacial score (nSPS) is 17.8. The summed E-state index contributed by atoms with van der Waals surface area (Å²) in [6.45, 7) is 7.92. The van der Waals surface area contributed by atoms with Gasteiger partial charge in [-0.3, -0.25) is 9.69 Å². The summed E-state index contributed by atoms with van der Waals surface area (Å²) in [5.74, 6) is 1.48. The molecule has 1 fully saturated rings. The number of amides is 1. The van der Waals surface area contributed by atoms with Gasteiger partial charge in [-0.15, -0.1) is 0 Å². The fourth-order valence-corrected chi connectivity index (χ4v) is 3.91. The zero-order valence-electron chi connectivity index (χ0n) is 20.1. The second-order valence-electron chi connectivity index (χ2n) is 8.38. The molecule has 0 bridgehead atoms. The second kappa shape index (κ2) is 12.8. The second-order valence-corrected chi connectivity index (χ2v) is 8.38. The van der Waals surface area contributed by atoms with Crippen molar-refractivity contribution >= 4 is 5.91 Å². The molecule has 182 valence electrons. The van der Waals surface area contributed by atoms with Crippen molar-refractivity contribution in [2.24, 2.45) is 5.92 Å². The van der Waals surface area contributed by atoms with Gasteiger partial charge in [-0.2, -0.15) is 0 Å². The number of carbonyl (C=O) groups excluding carboxylic acids is 1. The van der Waals surface area contributed by atoms with Crippen LogP contribution in [0.15, 0.2) is 12.1 Å². The van der Waals surface area contributed by atoms with E-state index in [9.17, 15) is 9.90 Å². The van der Waals surface area contributed by atoms with Crippen molar-refractivity contribution in [3.8, 4) is 17.2 Å². The molecule has 1 amide bonds. The number of aliphatic hydroxyl groups excluding tert-OH is 1. The van der Waals surface area contributed by atoms with Gasteiger partial charge in [0.15, 0.2) is 11.5 Å². The standard InChI is InChI=1S/C23H38N2O7/c1-16(2)11-25(14-19-13-24(7-8-32-19)12-18(26)15-28-3)23(27)17-9-20(29-4)22(31-6)21(10-17)30-5/h9-10,16,18-19,26H,7-8,11-15H2,1-6H3/t18-,19-/m0/s1. The van der Waals surface area contributed by atoms with Gasteiger partial charge in [-0.05, 0) is 18.1 Å². The Morgan fingerprint density at radius 1 is 1.19 bits per heavy atom. The minimum atomic E-state index is -0.550. The summed E-state index contributed by atoms with van der Waals surface area (Å²) < 4.78 is 27.2. The summed E-state index contributed by atoms with van der Waals surface area (Å²) in [6, 6.07) is 3.35. The van der Waals surface area contributed by atoms with Gasteiger partial charge in [0.25, 0.3) is 5.91 Å². The summed E-state index contributed by atoms with van der Waals surface area (Å²) in [5.41, 5.74) is 0.461. The van der Waals surface area contributed by atoms with E-state index < -0.39 is 6.10 Å². The molecule has 0 spiro atoms. The zero-order valence-corrected chi connectivity index (χ0v) is 20.1. The van der Waals surface area contributed by atoms with E-state index in [4.69, 9.17) is 23.7 Å². The van der Waals surface area contributed by atoms with Crippen LogP contribution in [0.2, 0.25) is 0 Å². The summed E-state index contributed by atoms with van der Waals surface area (Å²) >= 11 is 0. The van der Waals surface area contributed by atoms with E-state index in [0.717, 1.165) is 6.54 Å². The fourth-order valence-electron chi connectivity index (χ4n) is 3.91. The van der Waals surface area contributed by atoms with Gasteiger partial charge in [0.2, 0.25) is 5.75 Å². The van der Waals surface area contributed by atoms with Crippen molar-refractivity contribution in [2.45, 2.75) is 26.1 Å². The molecule has 2 rings (SSSR count). The lowest BCUT2D eigenvalue weighted by atomic mass is 10.1. The van der Waals surface area contributed by atoms with E-state index >= 15 is 0 Å². The molecule has 0 saturated carbocycles. The first kappa shape index (κ1) is 26.2. The molecule has 9 heteroatoms. The summed E-state index contributed by atoms with van der Waals surface area (Å²) in [5, 5.41) is 10.1. The van der Waals surface area contributed by atoms with Gasteiger partial charge in [-0.25, -0.2) is 0 Å². The predicted octanol–water partition coefficient (Wildman–Crippen LogP) is 1.52. The van der Waals surface area contributed by atoms with Crippen LogP contribution in [0.1, 0.15) is 24.2 Å². The monoisotopic (exact) mass is 454 g/mol. The van der Waals surface area contributed by atoms with E-state index in [-0.39, 0.29) is 17.9 Å². The quantitative estimate of drug-likeness (QED) is 0.509. The first-order valence-electron chi connectivity index (χ1n) is 10.9. The van der Waals surface area contributed by atoms with Crippen molar-refractivity contribution in [3.63, 3.8) is 0 Å². The Balaban J connectivity index is 2.18. The molecule has 1 aliphatic rings. The van der Waals surface area contributed by atoms with Crippen LogP contribution in [-0.4, -0.2) is 107 Å². The molecule has 0 radical (unpaired) electrons. The Morgan fingerprint density at radius 2 is 1.84 bits per heavy atom. The van der Waals surface area contributed by atoms with Gasteiger partial charge in [-0.1, -0.05) is 13.8 Å². The van der Waals surface area contributed by atoms with Crippen LogP contribution < -0.4 is 14.2 Å². The number of hydrogen-bond acceptors (Lipinski definition) is 8. The average molecular weight is 455 g/mol. The lowest BCUT2D eigenvalue weighted by Gasteiger charge is -2.37. The molecule has 32 heavy (non-hydrogen) atoms. The van der Waals surface area contributed by atoms with E-state index in [1.165, 1.54) is 21.3 Å². The molecule has 0 aromatic heterocycles. The van der Waals surface area contributed by atoms with Crippen LogP contribution in [-0.2, 0) is 9.47 Å². The third kappa shape index (κ3) is 7.23. The van der Waals surface area contributed by atoms with Crippen LogP contribution in [0.5, 0.6) is 17.2 Å². The highest BCUT2D eigenvalue weighted by Gasteiger charge is 2.28. The van der Waals surface area contributed by atoms with E-state index in [1.54, 1.807) is 19.2 Å². The zero-order chi connectivity index (χ0) is 23.7. The molecular weight excluding hydrogens is 416 g/mol. The van der Waals surface area contributed by atoms with Gasteiger partial charge in [0, 0.05) is 45.4 Å². The average Bonchev–Trinajstić information content (AvgIpc) is 2.77. The smallest absolute Gasteiger partial charge is 0.254 e. The van der Waals surface area contributed by atoms with E-state index in [1.807, 2.05) is 4.90 Å². The molecule has 9 nitrogen and oxygen atoms in total. The van der Waals surface area contributed by atoms with Crippen molar-refractivity contribution in [1.29, 1.82) is 0 Å². The molecular formula is C23H38N2O7. The van der Waals surface area contributed by atoms with Gasteiger partial charge in [0.05, 0.1) is 46.8 Å². The highest BCUT2D eigenvalue weighted by atomic mass is 16.5. The SMILES string of the molecule is COC[C@@H](O)CN1CCO[C@H](CN(CC(C)C)C(=O)c2cc(OC)c(OC)c(OC)c2)C1. The van der Waals surface area contributed by atoms with E-state index in [2.05, 4.69) is 18.7 Å². The van der Waals surface area contributed by atoms with Crippen molar-refractivity contribution < 1.29 is 33.6 Å². The first-order valence-corrected chi connectivity index (χ1v) is 10.9. The molecule has 1 aliphatic heterocycles. The minimum absolute atomic E-state index is 0.127. The maximum absolute atomic E-state index is 13.5. The molecule has 1 aromatic carbocycles. The van der Waals surface area contributed by atoms with Gasteiger partial charge >= 0.3 is 0 Å². The fraction of sp³-hybridized carbons (Fsp3) is 0.696. The number of β-amino-alcohol motifs (C(OH)–C–C–N with tert-alkyl or cyclic N) is 1. The maximum atomic E-state index is 13.5. The molecule has 1 saturated heterocycles. The number of benzene rings is 1. The van der Waals surface area contributed by atoms with Crippen LogP contribution in [0, 0.1) is 5.92 Å². The Labute approximate surface area is 191 Å². The van der Waals surface area contributed by atoms with Gasteiger partial charge < -0.3 is 33.7 Å². The lowest BCUT2D eigenvalue weighted by Crippen LogP contribution is -2.51. The summed E-state index contributed by atoms with van der Waals surface area (Å²) in [6.07, 6.45) is -0.699. The molecule has 1 N–H and O–H groups in total. The Bertz CT molecular complexity index is 703. The number of morpholine rings is 1. The topological polar surface area (TPSA) is 89.9 Å². The van der Waals surface area contributed by atoms with Crippen LogP contribution in [0.3, 0.4) is 0 Å². The first-order chi connectivity index (χ1) is 15.3. The number of ether oxygens (including phenoxy) is 5. The minimum Gasteiger partial charge on any atom is -0.493 e. The highest BCUT2D eigenvalue weighted by molar-refractivity contribution is 5.95. The number of carbonyl (C=O) groups is 1. The maximum Gasteiger partial charge on any atom is 0.254 e. The number of rotatable bonds is 12.